The van der Waals surface area contributed by atoms with Crippen molar-refractivity contribution in [2.24, 2.45) is 0 Å². The lowest BCUT2D eigenvalue weighted by Gasteiger charge is -2.09. The van der Waals surface area contributed by atoms with E-state index < -0.39 is 0 Å². The Morgan fingerprint density at radius 1 is 1.47 bits per heavy atom. The molecule has 82 valence electrons. The molecule has 5 heteroatoms. The number of rotatable bonds is 3. The van der Waals surface area contributed by atoms with Crippen molar-refractivity contribution in [3.8, 4) is 5.88 Å². The monoisotopic (exact) mass is 209 g/mol. The Bertz CT molecular complexity index is 322. The summed E-state index contributed by atoms with van der Waals surface area (Å²) in [6.07, 6.45) is 1.54. The van der Waals surface area contributed by atoms with Crippen LogP contribution in [0.2, 0.25) is 0 Å². The predicted octanol–water partition coefficient (Wildman–Crippen LogP) is 1.62. The first kappa shape index (κ1) is 11.3. The summed E-state index contributed by atoms with van der Waals surface area (Å²) in [6.45, 7) is 3.79. The number of aromatic nitrogens is 1. The van der Waals surface area contributed by atoms with Crippen LogP contribution in [0.1, 0.15) is 13.8 Å². The van der Waals surface area contributed by atoms with E-state index >= 15 is 0 Å². The molecule has 0 radical (unpaired) electrons. The van der Waals surface area contributed by atoms with Crippen LogP contribution in [0.4, 0.5) is 10.5 Å². The molecule has 0 atom stereocenters. The van der Waals surface area contributed by atoms with Crippen LogP contribution in [0.5, 0.6) is 5.88 Å². The van der Waals surface area contributed by atoms with Gasteiger partial charge in [-0.2, -0.15) is 0 Å². The second kappa shape index (κ2) is 5.19. The fourth-order valence-electron chi connectivity index (χ4n) is 1.00. The molecule has 0 bridgehead atoms. The van der Waals surface area contributed by atoms with Gasteiger partial charge in [0, 0.05) is 12.1 Å². The van der Waals surface area contributed by atoms with Gasteiger partial charge in [0.05, 0.1) is 19.0 Å². The maximum Gasteiger partial charge on any atom is 0.319 e. The van der Waals surface area contributed by atoms with E-state index in [1.165, 1.54) is 0 Å². The van der Waals surface area contributed by atoms with Gasteiger partial charge in [0.15, 0.2) is 0 Å². The van der Waals surface area contributed by atoms with Gasteiger partial charge in [0.2, 0.25) is 5.88 Å². The lowest BCUT2D eigenvalue weighted by molar-refractivity contribution is 0.250. The highest BCUT2D eigenvalue weighted by atomic mass is 16.5. The largest absolute Gasteiger partial charge is 0.481 e. The van der Waals surface area contributed by atoms with E-state index in [0.717, 1.165) is 0 Å². The van der Waals surface area contributed by atoms with E-state index in [1.54, 1.807) is 25.4 Å². The van der Waals surface area contributed by atoms with Gasteiger partial charge in [-0.05, 0) is 19.9 Å². The predicted molar refractivity (Wildman–Crippen MR) is 58.1 cm³/mol. The number of anilines is 1. The number of carbonyl (C=O) groups is 1. The second-order valence-electron chi connectivity index (χ2n) is 3.34. The Labute approximate surface area is 88.9 Å². The number of nitrogens with zero attached hydrogens (tertiary/aromatic N) is 1. The Hall–Kier alpha value is -1.78. The Kier molecular flexibility index (Phi) is 3.91. The molecule has 15 heavy (non-hydrogen) atoms. The lowest BCUT2D eigenvalue weighted by Crippen LogP contribution is -2.34. The highest BCUT2D eigenvalue weighted by Gasteiger charge is 2.03. The molecule has 0 unspecified atom stereocenters. The summed E-state index contributed by atoms with van der Waals surface area (Å²) in [5, 5.41) is 5.37. The molecular weight excluding hydrogens is 194 g/mol. The quantitative estimate of drug-likeness (QED) is 0.795. The summed E-state index contributed by atoms with van der Waals surface area (Å²) in [5.74, 6) is 0.518. The Morgan fingerprint density at radius 2 is 2.20 bits per heavy atom. The van der Waals surface area contributed by atoms with Gasteiger partial charge in [-0.15, -0.1) is 0 Å². The van der Waals surface area contributed by atoms with E-state index in [-0.39, 0.29) is 12.1 Å². The van der Waals surface area contributed by atoms with Crippen LogP contribution in [-0.4, -0.2) is 24.2 Å². The highest BCUT2D eigenvalue weighted by molar-refractivity contribution is 5.89. The van der Waals surface area contributed by atoms with Crippen molar-refractivity contribution in [2.75, 3.05) is 12.4 Å². The molecule has 1 rings (SSSR count). The van der Waals surface area contributed by atoms with E-state index in [9.17, 15) is 4.79 Å². The maximum atomic E-state index is 11.3. The summed E-state index contributed by atoms with van der Waals surface area (Å²) < 4.78 is 4.90. The van der Waals surface area contributed by atoms with Crippen LogP contribution in [0.25, 0.3) is 0 Å². The molecule has 0 aliphatic carbocycles. The number of pyridine rings is 1. The van der Waals surface area contributed by atoms with Gasteiger partial charge < -0.3 is 15.4 Å². The first-order valence-corrected chi connectivity index (χ1v) is 4.69. The zero-order valence-corrected chi connectivity index (χ0v) is 9.07. The second-order valence-corrected chi connectivity index (χ2v) is 3.34. The first-order valence-electron chi connectivity index (χ1n) is 4.69. The normalized spacial score (nSPS) is 9.87. The van der Waals surface area contributed by atoms with Crippen molar-refractivity contribution >= 4 is 11.7 Å². The number of urea groups is 1. The molecule has 2 N–H and O–H groups in total. The van der Waals surface area contributed by atoms with Crippen molar-refractivity contribution < 1.29 is 9.53 Å². The SMILES string of the molecule is COc1ccc(NC(=O)NC(C)C)cn1. The van der Waals surface area contributed by atoms with Crippen LogP contribution in [-0.2, 0) is 0 Å². The number of hydrogen-bond acceptors (Lipinski definition) is 3. The fraction of sp³-hybridized carbons (Fsp3) is 0.400. The molecule has 1 heterocycles. The molecule has 0 fully saturated rings. The minimum absolute atomic E-state index is 0.108. The minimum atomic E-state index is -0.239. The van der Waals surface area contributed by atoms with Gasteiger partial charge in [-0.25, -0.2) is 9.78 Å². The minimum Gasteiger partial charge on any atom is -0.481 e. The van der Waals surface area contributed by atoms with Crippen LogP contribution in [0, 0.1) is 0 Å². The van der Waals surface area contributed by atoms with Crippen molar-refractivity contribution in [2.45, 2.75) is 19.9 Å². The van der Waals surface area contributed by atoms with Crippen molar-refractivity contribution in [3.05, 3.63) is 18.3 Å². The molecule has 0 saturated carbocycles. The highest BCUT2D eigenvalue weighted by Crippen LogP contribution is 2.10. The number of nitrogens with one attached hydrogen (secondary N) is 2. The first-order chi connectivity index (χ1) is 7.11. The molecule has 0 aromatic carbocycles. The van der Waals surface area contributed by atoms with E-state index in [2.05, 4.69) is 15.6 Å². The van der Waals surface area contributed by atoms with E-state index in [0.29, 0.717) is 11.6 Å². The zero-order valence-electron chi connectivity index (χ0n) is 9.07. The molecule has 2 amide bonds. The molecule has 0 spiro atoms. The van der Waals surface area contributed by atoms with Gasteiger partial charge in [-0.1, -0.05) is 0 Å². The van der Waals surface area contributed by atoms with Gasteiger partial charge in [0.25, 0.3) is 0 Å². The molecule has 1 aromatic heterocycles. The van der Waals surface area contributed by atoms with Crippen molar-refractivity contribution in [3.63, 3.8) is 0 Å². The van der Waals surface area contributed by atoms with E-state index in [4.69, 9.17) is 4.74 Å². The molecule has 5 nitrogen and oxygen atoms in total. The average molecular weight is 209 g/mol. The topological polar surface area (TPSA) is 63.2 Å². The molecule has 0 aliphatic heterocycles. The molecule has 0 saturated heterocycles. The number of carbonyl (C=O) groups excluding carboxylic acids is 1. The molecule has 0 aliphatic rings. The fourth-order valence-corrected chi connectivity index (χ4v) is 1.00. The number of ether oxygens (including phenoxy) is 1. The number of amides is 2. The summed E-state index contributed by atoms with van der Waals surface area (Å²) in [4.78, 5) is 15.3. The maximum absolute atomic E-state index is 11.3. The van der Waals surface area contributed by atoms with Crippen LogP contribution in [0.3, 0.4) is 0 Å². The third kappa shape index (κ3) is 3.84. The standard InChI is InChI=1S/C10H15N3O2/c1-7(2)12-10(14)13-8-4-5-9(15-3)11-6-8/h4-7H,1-3H3,(H2,12,13,14). The summed E-state index contributed by atoms with van der Waals surface area (Å²) in [5.41, 5.74) is 0.633. The summed E-state index contributed by atoms with van der Waals surface area (Å²) in [7, 11) is 1.54. The van der Waals surface area contributed by atoms with Crippen LogP contribution in [0.15, 0.2) is 18.3 Å². The number of methoxy groups -OCH3 is 1. The van der Waals surface area contributed by atoms with E-state index in [1.807, 2.05) is 13.8 Å². The lowest BCUT2D eigenvalue weighted by atomic mass is 10.4. The van der Waals surface area contributed by atoms with Crippen LogP contribution >= 0.6 is 0 Å². The summed E-state index contributed by atoms with van der Waals surface area (Å²) >= 11 is 0. The van der Waals surface area contributed by atoms with Gasteiger partial charge >= 0.3 is 6.03 Å². The van der Waals surface area contributed by atoms with Crippen LogP contribution < -0.4 is 15.4 Å². The number of hydrogen-bond donors (Lipinski definition) is 2. The zero-order chi connectivity index (χ0) is 11.3. The smallest absolute Gasteiger partial charge is 0.319 e. The summed E-state index contributed by atoms with van der Waals surface area (Å²) in [6, 6.07) is 3.28. The third-order valence-corrected chi connectivity index (χ3v) is 1.62. The Balaban J connectivity index is 2.53. The average Bonchev–Trinajstić information content (AvgIpc) is 2.17. The van der Waals surface area contributed by atoms with Gasteiger partial charge in [-0.3, -0.25) is 0 Å². The molecule has 1 aromatic rings. The molecular formula is C10H15N3O2. The van der Waals surface area contributed by atoms with Crippen molar-refractivity contribution in [1.82, 2.24) is 10.3 Å². The van der Waals surface area contributed by atoms with Crippen molar-refractivity contribution in [1.29, 1.82) is 0 Å². The third-order valence-electron chi connectivity index (χ3n) is 1.62. The van der Waals surface area contributed by atoms with Gasteiger partial charge in [0.1, 0.15) is 0 Å². The Morgan fingerprint density at radius 3 is 2.67 bits per heavy atom.